The molecule has 0 saturated carbocycles. The van der Waals surface area contributed by atoms with Crippen molar-refractivity contribution < 1.29 is 4.79 Å². The van der Waals surface area contributed by atoms with E-state index in [4.69, 9.17) is 4.98 Å². The van der Waals surface area contributed by atoms with E-state index in [2.05, 4.69) is 33.4 Å². The van der Waals surface area contributed by atoms with Crippen LogP contribution >= 0.6 is 0 Å². The van der Waals surface area contributed by atoms with Crippen LogP contribution in [0.1, 0.15) is 48.5 Å². The first-order valence-electron chi connectivity index (χ1n) is 8.47. The highest BCUT2D eigenvalue weighted by molar-refractivity contribution is 5.72. The number of nitrogens with zero attached hydrogens (tertiary/aromatic N) is 3. The zero-order valence-corrected chi connectivity index (χ0v) is 14.3. The van der Waals surface area contributed by atoms with Gasteiger partial charge in [-0.25, -0.2) is 0 Å². The largest absolute Gasteiger partial charge is 0.351 e. The highest BCUT2D eigenvalue weighted by Crippen LogP contribution is 2.32. The number of carbonyl (C=O) groups is 1. The summed E-state index contributed by atoms with van der Waals surface area (Å²) in [5.41, 5.74) is 4.29. The molecule has 1 unspecified atom stereocenters. The summed E-state index contributed by atoms with van der Waals surface area (Å²) in [6, 6.07) is 10.6. The third-order valence-electron chi connectivity index (χ3n) is 4.41. The van der Waals surface area contributed by atoms with Crippen molar-refractivity contribution in [3.63, 3.8) is 0 Å². The van der Waals surface area contributed by atoms with Crippen molar-refractivity contribution in [3.05, 3.63) is 59.2 Å². The van der Waals surface area contributed by atoms with Crippen molar-refractivity contribution >= 4 is 5.91 Å². The van der Waals surface area contributed by atoms with E-state index >= 15 is 0 Å². The molecule has 0 aromatic carbocycles. The van der Waals surface area contributed by atoms with Gasteiger partial charge in [-0.1, -0.05) is 12.1 Å². The van der Waals surface area contributed by atoms with E-state index in [-0.39, 0.29) is 5.91 Å². The Labute approximate surface area is 143 Å². The molecule has 2 aromatic heterocycles. The summed E-state index contributed by atoms with van der Waals surface area (Å²) in [4.78, 5) is 22.7. The molecule has 5 heteroatoms. The molecule has 1 aliphatic heterocycles. The lowest BCUT2D eigenvalue weighted by molar-refractivity contribution is -0.119. The van der Waals surface area contributed by atoms with Crippen LogP contribution in [0.2, 0.25) is 0 Å². The maximum absolute atomic E-state index is 11.1. The number of carbonyl (C=O) groups excluding carboxylic acids is 1. The number of rotatable bonds is 5. The number of hydrogen-bond acceptors (Lipinski definition) is 4. The number of nitrogens with one attached hydrogen (secondary N) is 1. The van der Waals surface area contributed by atoms with E-state index in [0.717, 1.165) is 36.6 Å². The van der Waals surface area contributed by atoms with Gasteiger partial charge in [0.05, 0.1) is 24.0 Å². The Hall–Kier alpha value is -2.27. The standard InChI is InChI=1S/C19H24N4O/c1-14-8-9-16(11-20-14)13-23-10-4-7-19(23)18-6-3-5-17(22-18)12-21-15(2)24/h3,5-6,8-9,11,19H,4,7,10,12-13H2,1-2H3,(H,21,24). The molecule has 126 valence electrons. The zero-order valence-electron chi connectivity index (χ0n) is 14.3. The number of hydrogen-bond donors (Lipinski definition) is 1. The molecule has 5 nitrogen and oxygen atoms in total. The molecule has 1 aliphatic rings. The van der Waals surface area contributed by atoms with Gasteiger partial charge in [0.25, 0.3) is 0 Å². The third kappa shape index (κ3) is 4.17. The molecule has 0 spiro atoms. The van der Waals surface area contributed by atoms with E-state index in [1.807, 2.05) is 25.3 Å². The van der Waals surface area contributed by atoms with Gasteiger partial charge in [0, 0.05) is 25.4 Å². The van der Waals surface area contributed by atoms with Crippen LogP contribution in [0.25, 0.3) is 0 Å². The molecule has 0 radical (unpaired) electrons. The normalized spacial score (nSPS) is 17.8. The van der Waals surface area contributed by atoms with E-state index in [0.29, 0.717) is 12.6 Å². The maximum Gasteiger partial charge on any atom is 0.217 e. The molecule has 1 fully saturated rings. The Balaban J connectivity index is 1.71. The molecular formula is C19H24N4O. The molecule has 3 heterocycles. The molecule has 24 heavy (non-hydrogen) atoms. The van der Waals surface area contributed by atoms with E-state index < -0.39 is 0 Å². The lowest BCUT2D eigenvalue weighted by Gasteiger charge is -2.24. The fourth-order valence-corrected chi connectivity index (χ4v) is 3.17. The fourth-order valence-electron chi connectivity index (χ4n) is 3.17. The van der Waals surface area contributed by atoms with E-state index in [1.54, 1.807) is 0 Å². The summed E-state index contributed by atoms with van der Waals surface area (Å²) in [5.74, 6) is -0.0310. The molecule has 0 aliphatic carbocycles. The van der Waals surface area contributed by atoms with Crippen LogP contribution in [0.4, 0.5) is 0 Å². The van der Waals surface area contributed by atoms with Crippen LogP contribution < -0.4 is 5.32 Å². The minimum Gasteiger partial charge on any atom is -0.351 e. The average Bonchev–Trinajstić information content (AvgIpc) is 3.03. The monoisotopic (exact) mass is 324 g/mol. The van der Waals surface area contributed by atoms with Crippen LogP contribution in [0.3, 0.4) is 0 Å². The topological polar surface area (TPSA) is 58.1 Å². The highest BCUT2D eigenvalue weighted by atomic mass is 16.1. The first-order valence-corrected chi connectivity index (χ1v) is 8.47. The minimum atomic E-state index is -0.0310. The van der Waals surface area contributed by atoms with Gasteiger partial charge in [-0.3, -0.25) is 19.7 Å². The van der Waals surface area contributed by atoms with Gasteiger partial charge in [0.1, 0.15) is 0 Å². The molecule has 1 atom stereocenters. The van der Waals surface area contributed by atoms with Crippen LogP contribution in [0, 0.1) is 6.92 Å². The second-order valence-corrected chi connectivity index (χ2v) is 6.40. The second-order valence-electron chi connectivity index (χ2n) is 6.40. The summed E-state index contributed by atoms with van der Waals surface area (Å²) in [7, 11) is 0. The van der Waals surface area contributed by atoms with Gasteiger partial charge in [-0.05, 0) is 50.1 Å². The summed E-state index contributed by atoms with van der Waals surface area (Å²) in [5, 5.41) is 2.81. The van der Waals surface area contributed by atoms with Crippen molar-refractivity contribution in [2.24, 2.45) is 0 Å². The van der Waals surface area contributed by atoms with Crippen molar-refractivity contribution in [1.82, 2.24) is 20.2 Å². The number of aryl methyl sites for hydroxylation is 1. The first kappa shape index (κ1) is 16.6. The van der Waals surface area contributed by atoms with Crippen molar-refractivity contribution in [2.75, 3.05) is 6.54 Å². The lowest BCUT2D eigenvalue weighted by Crippen LogP contribution is -2.24. The molecule has 3 rings (SSSR count). The number of aromatic nitrogens is 2. The van der Waals surface area contributed by atoms with Gasteiger partial charge in [-0.2, -0.15) is 0 Å². The summed E-state index contributed by atoms with van der Waals surface area (Å²) >= 11 is 0. The van der Waals surface area contributed by atoms with Crippen LogP contribution in [0.5, 0.6) is 0 Å². The molecule has 0 bridgehead atoms. The number of amides is 1. The van der Waals surface area contributed by atoms with Gasteiger partial charge in [0.2, 0.25) is 5.91 Å². The Bertz CT molecular complexity index is 699. The van der Waals surface area contributed by atoms with Crippen LogP contribution in [0.15, 0.2) is 36.5 Å². The fraction of sp³-hybridized carbons (Fsp3) is 0.421. The summed E-state index contributed by atoms with van der Waals surface area (Å²) in [6.07, 6.45) is 4.27. The van der Waals surface area contributed by atoms with Gasteiger partial charge >= 0.3 is 0 Å². The quantitative estimate of drug-likeness (QED) is 0.919. The van der Waals surface area contributed by atoms with Crippen molar-refractivity contribution in [1.29, 1.82) is 0 Å². The Morgan fingerprint density at radius 3 is 2.96 bits per heavy atom. The van der Waals surface area contributed by atoms with Gasteiger partial charge in [-0.15, -0.1) is 0 Å². The zero-order chi connectivity index (χ0) is 16.9. The van der Waals surface area contributed by atoms with Crippen molar-refractivity contribution in [3.8, 4) is 0 Å². The lowest BCUT2D eigenvalue weighted by atomic mass is 10.1. The SMILES string of the molecule is CC(=O)NCc1cccc(C2CCCN2Cc2ccc(C)nc2)n1. The molecule has 1 amide bonds. The Kier molecular flexibility index (Phi) is 5.20. The molecule has 1 N–H and O–H groups in total. The van der Waals surface area contributed by atoms with Crippen molar-refractivity contribution in [2.45, 2.75) is 45.8 Å². The Morgan fingerprint density at radius 1 is 1.33 bits per heavy atom. The predicted molar refractivity (Wildman–Crippen MR) is 93.1 cm³/mol. The average molecular weight is 324 g/mol. The van der Waals surface area contributed by atoms with Crippen LogP contribution in [-0.4, -0.2) is 27.3 Å². The second kappa shape index (κ2) is 7.53. The third-order valence-corrected chi connectivity index (χ3v) is 4.41. The molecule has 2 aromatic rings. The Morgan fingerprint density at radius 2 is 2.21 bits per heavy atom. The van der Waals surface area contributed by atoms with E-state index in [1.165, 1.54) is 18.9 Å². The molecular weight excluding hydrogens is 300 g/mol. The van der Waals surface area contributed by atoms with Gasteiger partial charge in [0.15, 0.2) is 0 Å². The summed E-state index contributed by atoms with van der Waals surface area (Å²) in [6.45, 7) is 5.99. The number of pyridine rings is 2. The highest BCUT2D eigenvalue weighted by Gasteiger charge is 2.27. The summed E-state index contributed by atoms with van der Waals surface area (Å²) < 4.78 is 0. The smallest absolute Gasteiger partial charge is 0.217 e. The predicted octanol–water partition coefficient (Wildman–Crippen LogP) is 2.76. The molecule has 1 saturated heterocycles. The number of likely N-dealkylation sites (tertiary alicyclic amines) is 1. The maximum atomic E-state index is 11.1. The van der Waals surface area contributed by atoms with Gasteiger partial charge < -0.3 is 5.32 Å². The minimum absolute atomic E-state index is 0.0310. The van der Waals surface area contributed by atoms with Crippen LogP contribution in [-0.2, 0) is 17.9 Å². The van der Waals surface area contributed by atoms with E-state index in [9.17, 15) is 4.79 Å². The first-order chi connectivity index (χ1) is 11.6.